The molecule has 0 bridgehead atoms. The highest BCUT2D eigenvalue weighted by Crippen LogP contribution is 2.33. The number of nitrogens with zero attached hydrogens (tertiary/aromatic N) is 3. The Morgan fingerprint density at radius 2 is 2.24 bits per heavy atom. The Labute approximate surface area is 125 Å². The van der Waals surface area contributed by atoms with Crippen LogP contribution in [-0.2, 0) is 17.8 Å². The summed E-state index contributed by atoms with van der Waals surface area (Å²) in [5.74, 6) is 0.515. The highest BCUT2D eigenvalue weighted by Gasteiger charge is 2.30. The molecule has 2 aromatic rings. The molecule has 1 fully saturated rings. The Balaban J connectivity index is 1.54. The second-order valence-corrected chi connectivity index (χ2v) is 5.46. The lowest BCUT2D eigenvalue weighted by Crippen LogP contribution is -2.24. The van der Waals surface area contributed by atoms with E-state index in [9.17, 15) is 0 Å². The zero-order valence-electron chi connectivity index (χ0n) is 12.4. The van der Waals surface area contributed by atoms with Crippen molar-refractivity contribution in [3.63, 3.8) is 0 Å². The van der Waals surface area contributed by atoms with Crippen LogP contribution in [0, 0.1) is 5.92 Å². The van der Waals surface area contributed by atoms with Crippen LogP contribution < -0.4 is 5.32 Å². The van der Waals surface area contributed by atoms with Gasteiger partial charge >= 0.3 is 0 Å². The fourth-order valence-corrected chi connectivity index (χ4v) is 2.81. The van der Waals surface area contributed by atoms with Gasteiger partial charge in [-0.2, -0.15) is 5.10 Å². The molecule has 0 unspecified atom stereocenters. The Bertz CT molecular complexity index is 554. The first kappa shape index (κ1) is 14.2. The van der Waals surface area contributed by atoms with Gasteiger partial charge in [-0.05, 0) is 31.0 Å². The van der Waals surface area contributed by atoms with Crippen LogP contribution in [-0.4, -0.2) is 27.9 Å². The standard InChI is InChI=1S/C16H22N4O/c1-2-20-12-15(11-19-20)16-14(5-8-21-16)10-18-9-13-3-6-17-7-4-13/h3-4,6-7,11-12,14,16,18H,2,5,8-10H2,1H3/t14-,16+/m1/s1. The second kappa shape index (κ2) is 6.83. The van der Waals surface area contributed by atoms with Gasteiger partial charge in [0.05, 0.1) is 12.3 Å². The number of aromatic nitrogens is 3. The van der Waals surface area contributed by atoms with Crippen molar-refractivity contribution in [2.75, 3.05) is 13.2 Å². The van der Waals surface area contributed by atoms with Gasteiger partial charge in [0.25, 0.3) is 0 Å². The highest BCUT2D eigenvalue weighted by atomic mass is 16.5. The van der Waals surface area contributed by atoms with Gasteiger partial charge in [-0.15, -0.1) is 0 Å². The van der Waals surface area contributed by atoms with Gasteiger partial charge in [-0.1, -0.05) is 0 Å². The van der Waals surface area contributed by atoms with Gasteiger partial charge in [-0.3, -0.25) is 9.67 Å². The van der Waals surface area contributed by atoms with Crippen molar-refractivity contribution in [2.45, 2.75) is 32.5 Å². The van der Waals surface area contributed by atoms with E-state index in [-0.39, 0.29) is 6.10 Å². The molecule has 5 heteroatoms. The third-order valence-electron chi connectivity index (χ3n) is 4.00. The maximum atomic E-state index is 5.91. The van der Waals surface area contributed by atoms with Crippen molar-refractivity contribution in [2.24, 2.45) is 5.92 Å². The van der Waals surface area contributed by atoms with E-state index in [1.807, 2.05) is 35.4 Å². The number of pyridine rings is 1. The summed E-state index contributed by atoms with van der Waals surface area (Å²) in [5.41, 5.74) is 2.46. The van der Waals surface area contributed by atoms with Gasteiger partial charge in [0, 0.05) is 56.3 Å². The largest absolute Gasteiger partial charge is 0.373 e. The van der Waals surface area contributed by atoms with E-state index >= 15 is 0 Å². The maximum Gasteiger partial charge on any atom is 0.0896 e. The molecule has 1 N–H and O–H groups in total. The summed E-state index contributed by atoms with van der Waals surface area (Å²) >= 11 is 0. The number of nitrogens with one attached hydrogen (secondary N) is 1. The third-order valence-corrected chi connectivity index (χ3v) is 4.00. The fourth-order valence-electron chi connectivity index (χ4n) is 2.81. The van der Waals surface area contributed by atoms with E-state index in [4.69, 9.17) is 4.74 Å². The molecule has 2 aromatic heterocycles. The minimum Gasteiger partial charge on any atom is -0.373 e. The average Bonchev–Trinajstić information content (AvgIpc) is 3.16. The molecule has 0 saturated carbocycles. The minimum absolute atomic E-state index is 0.176. The van der Waals surface area contributed by atoms with Crippen molar-refractivity contribution in [1.82, 2.24) is 20.1 Å². The summed E-state index contributed by atoms with van der Waals surface area (Å²) in [6, 6.07) is 4.09. The molecular weight excluding hydrogens is 264 g/mol. The first-order valence-corrected chi connectivity index (χ1v) is 7.60. The topological polar surface area (TPSA) is 52.0 Å². The molecule has 0 radical (unpaired) electrons. The van der Waals surface area contributed by atoms with Crippen molar-refractivity contribution < 1.29 is 4.74 Å². The van der Waals surface area contributed by atoms with Crippen LogP contribution in [0.1, 0.15) is 30.6 Å². The van der Waals surface area contributed by atoms with Gasteiger partial charge < -0.3 is 10.1 Å². The monoisotopic (exact) mass is 286 g/mol. The van der Waals surface area contributed by atoms with Gasteiger partial charge in [0.2, 0.25) is 0 Å². The average molecular weight is 286 g/mol. The molecule has 0 aromatic carbocycles. The SMILES string of the molecule is CCn1cc([C@H]2OCC[C@@H]2CNCc2ccncc2)cn1. The molecule has 1 saturated heterocycles. The predicted molar refractivity (Wildman–Crippen MR) is 80.6 cm³/mol. The molecule has 3 heterocycles. The molecular formula is C16H22N4O. The van der Waals surface area contributed by atoms with Crippen molar-refractivity contribution >= 4 is 0 Å². The summed E-state index contributed by atoms with van der Waals surface area (Å²) in [7, 11) is 0. The molecule has 0 spiro atoms. The van der Waals surface area contributed by atoms with Crippen molar-refractivity contribution in [3.05, 3.63) is 48.0 Å². The molecule has 1 aliphatic heterocycles. The van der Waals surface area contributed by atoms with E-state index in [0.717, 1.165) is 32.7 Å². The Morgan fingerprint density at radius 3 is 3.00 bits per heavy atom. The Kier molecular flexibility index (Phi) is 4.62. The van der Waals surface area contributed by atoms with Crippen LogP contribution >= 0.6 is 0 Å². The van der Waals surface area contributed by atoms with Crippen LogP contribution in [0.4, 0.5) is 0 Å². The predicted octanol–water partition coefficient (Wildman–Crippen LogP) is 2.17. The maximum absolute atomic E-state index is 5.91. The van der Waals surface area contributed by atoms with Crippen LogP contribution in [0.15, 0.2) is 36.9 Å². The molecule has 1 aliphatic rings. The second-order valence-electron chi connectivity index (χ2n) is 5.46. The molecule has 2 atom stereocenters. The minimum atomic E-state index is 0.176. The molecule has 112 valence electrons. The molecule has 0 aliphatic carbocycles. The van der Waals surface area contributed by atoms with Crippen LogP contribution in [0.5, 0.6) is 0 Å². The summed E-state index contributed by atoms with van der Waals surface area (Å²) in [4.78, 5) is 4.04. The number of hydrogen-bond acceptors (Lipinski definition) is 4. The molecule has 5 nitrogen and oxygen atoms in total. The van der Waals surface area contributed by atoms with E-state index in [1.165, 1.54) is 11.1 Å². The van der Waals surface area contributed by atoms with Crippen molar-refractivity contribution in [1.29, 1.82) is 0 Å². The lowest BCUT2D eigenvalue weighted by atomic mass is 9.97. The summed E-state index contributed by atoms with van der Waals surface area (Å²) in [5, 5.41) is 7.88. The summed E-state index contributed by atoms with van der Waals surface area (Å²) < 4.78 is 7.87. The van der Waals surface area contributed by atoms with Crippen LogP contribution in [0.3, 0.4) is 0 Å². The van der Waals surface area contributed by atoms with Crippen LogP contribution in [0.25, 0.3) is 0 Å². The lowest BCUT2D eigenvalue weighted by molar-refractivity contribution is 0.0904. The Morgan fingerprint density at radius 1 is 1.38 bits per heavy atom. The lowest BCUT2D eigenvalue weighted by Gasteiger charge is -2.17. The normalized spacial score (nSPS) is 21.8. The first-order chi connectivity index (χ1) is 10.4. The summed E-state index contributed by atoms with van der Waals surface area (Å²) in [6.45, 7) is 5.67. The zero-order chi connectivity index (χ0) is 14.5. The molecule has 3 rings (SSSR count). The van der Waals surface area contributed by atoms with Gasteiger partial charge in [0.15, 0.2) is 0 Å². The van der Waals surface area contributed by atoms with E-state index in [2.05, 4.69) is 28.5 Å². The van der Waals surface area contributed by atoms with Gasteiger partial charge in [-0.25, -0.2) is 0 Å². The summed E-state index contributed by atoms with van der Waals surface area (Å²) in [6.07, 6.45) is 8.98. The highest BCUT2D eigenvalue weighted by molar-refractivity contribution is 5.12. The Hall–Kier alpha value is -1.72. The first-order valence-electron chi connectivity index (χ1n) is 7.60. The number of rotatable bonds is 6. The number of ether oxygens (including phenoxy) is 1. The molecule has 0 amide bonds. The van der Waals surface area contributed by atoms with E-state index in [1.54, 1.807) is 0 Å². The van der Waals surface area contributed by atoms with Crippen LogP contribution in [0.2, 0.25) is 0 Å². The number of hydrogen-bond donors (Lipinski definition) is 1. The van der Waals surface area contributed by atoms with E-state index in [0.29, 0.717) is 5.92 Å². The smallest absolute Gasteiger partial charge is 0.0896 e. The number of aryl methyl sites for hydroxylation is 1. The van der Waals surface area contributed by atoms with Gasteiger partial charge in [0.1, 0.15) is 0 Å². The molecule has 21 heavy (non-hydrogen) atoms. The zero-order valence-corrected chi connectivity index (χ0v) is 12.4. The van der Waals surface area contributed by atoms with Crippen molar-refractivity contribution in [3.8, 4) is 0 Å². The van der Waals surface area contributed by atoms with E-state index < -0.39 is 0 Å². The fraction of sp³-hybridized carbons (Fsp3) is 0.500. The quantitative estimate of drug-likeness (QED) is 0.884. The third kappa shape index (κ3) is 3.49.